The number of hydrogen-bond acceptors (Lipinski definition) is 3. The van der Waals surface area contributed by atoms with Crippen LogP contribution in [0, 0.1) is 11.8 Å². The Hall–Kier alpha value is -0.870. The first kappa shape index (κ1) is 14.1. The molecule has 2 aliphatic rings. The molecule has 2 aliphatic carbocycles. The zero-order valence-corrected chi connectivity index (χ0v) is 12.8. The highest BCUT2D eigenvalue weighted by Gasteiger charge is 2.38. The Morgan fingerprint density at radius 1 is 1.10 bits per heavy atom. The van der Waals surface area contributed by atoms with E-state index in [-0.39, 0.29) is 5.75 Å². The Bertz CT molecular complexity index is 565. The molecule has 0 unspecified atom stereocenters. The van der Waals surface area contributed by atoms with Gasteiger partial charge in [0.2, 0.25) is 0 Å². The van der Waals surface area contributed by atoms with Crippen LogP contribution in [0.3, 0.4) is 0 Å². The van der Waals surface area contributed by atoms with E-state index in [0.29, 0.717) is 6.04 Å². The molecular weight excluding hydrogens is 270 g/mol. The van der Waals surface area contributed by atoms with Crippen LogP contribution in [0.15, 0.2) is 24.3 Å². The third kappa shape index (κ3) is 3.41. The zero-order valence-electron chi connectivity index (χ0n) is 12.0. The van der Waals surface area contributed by atoms with Crippen LogP contribution in [0.25, 0.3) is 0 Å². The van der Waals surface area contributed by atoms with E-state index in [1.807, 2.05) is 24.3 Å². The van der Waals surface area contributed by atoms with Crippen molar-refractivity contribution in [1.29, 1.82) is 0 Å². The van der Waals surface area contributed by atoms with Gasteiger partial charge in [-0.3, -0.25) is 0 Å². The van der Waals surface area contributed by atoms with Gasteiger partial charge < -0.3 is 5.32 Å². The number of fused-ring (bicyclic) bond motifs is 2. The molecule has 2 fully saturated rings. The largest absolute Gasteiger partial charge is 0.310 e. The van der Waals surface area contributed by atoms with E-state index in [1.54, 1.807) is 0 Å². The van der Waals surface area contributed by atoms with Crippen molar-refractivity contribution in [2.75, 3.05) is 6.26 Å². The summed E-state index contributed by atoms with van der Waals surface area (Å²) >= 11 is 0. The lowest BCUT2D eigenvalue weighted by atomic mass is 9.95. The topological polar surface area (TPSA) is 46.2 Å². The van der Waals surface area contributed by atoms with Crippen molar-refractivity contribution in [1.82, 2.24) is 5.32 Å². The second-order valence-corrected chi connectivity index (χ2v) is 8.69. The molecular formula is C16H23NO2S. The number of nitrogens with one attached hydrogen (secondary N) is 1. The minimum absolute atomic E-state index is 0.132. The molecule has 110 valence electrons. The van der Waals surface area contributed by atoms with E-state index in [2.05, 4.69) is 5.32 Å². The molecule has 0 spiro atoms. The monoisotopic (exact) mass is 293 g/mol. The summed E-state index contributed by atoms with van der Waals surface area (Å²) in [5.74, 6) is 1.99. The van der Waals surface area contributed by atoms with E-state index >= 15 is 0 Å². The van der Waals surface area contributed by atoms with Gasteiger partial charge in [0.25, 0.3) is 0 Å². The first-order chi connectivity index (χ1) is 9.49. The number of sulfone groups is 1. The summed E-state index contributed by atoms with van der Waals surface area (Å²) in [6.45, 7) is 0.896. The molecule has 1 N–H and O–H groups in total. The average Bonchev–Trinajstić information content (AvgIpc) is 2.98. The Labute approximate surface area is 121 Å². The molecule has 2 saturated carbocycles. The Kier molecular flexibility index (Phi) is 3.87. The van der Waals surface area contributed by atoms with Crippen LogP contribution in [0.1, 0.15) is 36.8 Å². The number of hydrogen-bond donors (Lipinski definition) is 1. The number of benzene rings is 1. The fourth-order valence-corrected chi connectivity index (χ4v) is 4.60. The van der Waals surface area contributed by atoms with Gasteiger partial charge in [-0.05, 0) is 42.2 Å². The van der Waals surface area contributed by atoms with Gasteiger partial charge in [-0.15, -0.1) is 0 Å². The highest BCUT2D eigenvalue weighted by Crippen LogP contribution is 2.44. The van der Waals surface area contributed by atoms with E-state index in [4.69, 9.17) is 0 Å². The zero-order chi connectivity index (χ0) is 14.2. The molecule has 0 amide bonds. The highest BCUT2D eigenvalue weighted by atomic mass is 32.2. The predicted molar refractivity (Wildman–Crippen MR) is 81.1 cm³/mol. The summed E-state index contributed by atoms with van der Waals surface area (Å²) in [7, 11) is -2.94. The smallest absolute Gasteiger partial charge is 0.151 e. The summed E-state index contributed by atoms with van der Waals surface area (Å²) in [6.07, 6.45) is 6.87. The normalized spacial score (nSPS) is 28.9. The van der Waals surface area contributed by atoms with Crippen LogP contribution in [-0.2, 0) is 22.1 Å². The number of rotatable bonds is 5. The molecule has 3 atom stereocenters. The standard InChI is InChI=1S/C16H23NO2S/c1-20(18,19)11-13-4-2-12(3-5-13)10-17-16-9-14-6-7-15(16)8-14/h2-5,14-17H,6-11H2,1H3/t14-,15-,16-/m0/s1. The van der Waals surface area contributed by atoms with Crippen LogP contribution >= 0.6 is 0 Å². The molecule has 2 bridgehead atoms. The lowest BCUT2D eigenvalue weighted by molar-refractivity contribution is 0.351. The average molecular weight is 293 g/mol. The summed E-state index contributed by atoms with van der Waals surface area (Å²) in [6, 6.07) is 8.64. The first-order valence-corrected chi connectivity index (χ1v) is 9.54. The molecule has 0 saturated heterocycles. The highest BCUT2D eigenvalue weighted by molar-refractivity contribution is 7.89. The van der Waals surface area contributed by atoms with E-state index in [0.717, 1.165) is 23.9 Å². The second-order valence-electron chi connectivity index (χ2n) is 6.55. The van der Waals surface area contributed by atoms with Crippen molar-refractivity contribution >= 4 is 9.84 Å². The lowest BCUT2D eigenvalue weighted by Gasteiger charge is -2.23. The van der Waals surface area contributed by atoms with Crippen LogP contribution < -0.4 is 5.32 Å². The Balaban J connectivity index is 1.53. The van der Waals surface area contributed by atoms with E-state index in [1.165, 1.54) is 37.5 Å². The van der Waals surface area contributed by atoms with E-state index in [9.17, 15) is 8.42 Å². The molecule has 20 heavy (non-hydrogen) atoms. The minimum atomic E-state index is -2.94. The Morgan fingerprint density at radius 3 is 2.35 bits per heavy atom. The van der Waals surface area contributed by atoms with Crippen molar-refractivity contribution in [3.8, 4) is 0 Å². The Morgan fingerprint density at radius 2 is 1.80 bits per heavy atom. The molecule has 1 aromatic carbocycles. The SMILES string of the molecule is CS(=O)(=O)Cc1ccc(CN[C@H]2C[C@H]3CC[C@H]2C3)cc1. The minimum Gasteiger partial charge on any atom is -0.310 e. The van der Waals surface area contributed by atoms with Crippen molar-refractivity contribution in [3.05, 3.63) is 35.4 Å². The lowest BCUT2D eigenvalue weighted by Crippen LogP contribution is -2.33. The molecule has 0 aromatic heterocycles. The van der Waals surface area contributed by atoms with Crippen molar-refractivity contribution in [3.63, 3.8) is 0 Å². The first-order valence-electron chi connectivity index (χ1n) is 7.48. The molecule has 4 heteroatoms. The predicted octanol–water partition coefficient (Wildman–Crippen LogP) is 2.51. The van der Waals surface area contributed by atoms with Crippen LogP contribution in [0.5, 0.6) is 0 Å². The second kappa shape index (κ2) is 5.49. The van der Waals surface area contributed by atoms with Gasteiger partial charge in [-0.2, -0.15) is 0 Å². The molecule has 0 heterocycles. The van der Waals surface area contributed by atoms with Crippen molar-refractivity contribution in [2.24, 2.45) is 11.8 Å². The fourth-order valence-electron chi connectivity index (χ4n) is 3.80. The van der Waals surface area contributed by atoms with Gasteiger partial charge in [-0.1, -0.05) is 30.7 Å². The molecule has 0 aliphatic heterocycles. The fraction of sp³-hybridized carbons (Fsp3) is 0.625. The third-order valence-corrected chi connectivity index (χ3v) is 5.62. The summed E-state index contributed by atoms with van der Waals surface area (Å²) < 4.78 is 22.5. The van der Waals surface area contributed by atoms with Crippen LogP contribution in [0.2, 0.25) is 0 Å². The molecule has 3 nitrogen and oxygen atoms in total. The van der Waals surface area contributed by atoms with Gasteiger partial charge >= 0.3 is 0 Å². The van der Waals surface area contributed by atoms with Gasteiger partial charge in [0, 0.05) is 18.8 Å². The maximum absolute atomic E-state index is 11.2. The molecule has 0 radical (unpaired) electrons. The van der Waals surface area contributed by atoms with Crippen molar-refractivity contribution < 1.29 is 8.42 Å². The molecule has 3 rings (SSSR count). The van der Waals surface area contributed by atoms with Crippen LogP contribution in [0.4, 0.5) is 0 Å². The van der Waals surface area contributed by atoms with Gasteiger partial charge in [0.05, 0.1) is 5.75 Å². The quantitative estimate of drug-likeness (QED) is 0.907. The summed E-state index contributed by atoms with van der Waals surface area (Å²) in [4.78, 5) is 0. The molecule has 1 aromatic rings. The van der Waals surface area contributed by atoms with Crippen molar-refractivity contribution in [2.45, 2.75) is 44.0 Å². The maximum Gasteiger partial charge on any atom is 0.151 e. The summed E-state index contributed by atoms with van der Waals surface area (Å²) in [5.41, 5.74) is 2.11. The maximum atomic E-state index is 11.2. The summed E-state index contributed by atoms with van der Waals surface area (Å²) in [5, 5.41) is 3.68. The van der Waals surface area contributed by atoms with Gasteiger partial charge in [0.1, 0.15) is 0 Å². The van der Waals surface area contributed by atoms with Crippen LogP contribution in [-0.4, -0.2) is 20.7 Å². The van der Waals surface area contributed by atoms with Gasteiger partial charge in [0.15, 0.2) is 9.84 Å². The van der Waals surface area contributed by atoms with Gasteiger partial charge in [-0.25, -0.2) is 8.42 Å². The third-order valence-electron chi connectivity index (χ3n) is 4.76. The van der Waals surface area contributed by atoms with E-state index < -0.39 is 9.84 Å².